The number of nitrogens with one attached hydrogen (secondary N) is 1. The largest absolute Gasteiger partial charge is 0.383 e. The van der Waals surface area contributed by atoms with E-state index < -0.39 is 0 Å². The number of hydrogen-bond donors (Lipinski definition) is 2. The van der Waals surface area contributed by atoms with E-state index in [1.54, 1.807) is 0 Å². The molecule has 2 aromatic rings. The Labute approximate surface area is 149 Å². The van der Waals surface area contributed by atoms with E-state index >= 15 is 0 Å². The molecule has 3 rings (SSSR count). The van der Waals surface area contributed by atoms with Crippen LogP contribution in [0.3, 0.4) is 0 Å². The van der Waals surface area contributed by atoms with Crippen LogP contribution in [0.4, 0.5) is 5.82 Å². The average Bonchev–Trinajstić information content (AvgIpc) is 2.96. The van der Waals surface area contributed by atoms with Gasteiger partial charge in [-0.05, 0) is 27.2 Å². The number of fused-ring (bicyclic) bond motifs is 1. The molecule has 0 radical (unpaired) electrons. The van der Waals surface area contributed by atoms with E-state index in [1.807, 2.05) is 4.68 Å². The van der Waals surface area contributed by atoms with Crippen molar-refractivity contribution in [3.8, 4) is 0 Å². The molecule has 25 heavy (non-hydrogen) atoms. The summed E-state index contributed by atoms with van der Waals surface area (Å²) in [7, 11) is 0. The van der Waals surface area contributed by atoms with Gasteiger partial charge in [-0.3, -0.25) is 0 Å². The third kappa shape index (κ3) is 3.44. The number of rotatable bonds is 5. The first kappa shape index (κ1) is 17.6. The number of aromatic nitrogens is 4. The fourth-order valence-electron chi connectivity index (χ4n) is 3.14. The average molecular weight is 340 g/mol. The summed E-state index contributed by atoms with van der Waals surface area (Å²) in [6.45, 7) is 11.5. The minimum Gasteiger partial charge on any atom is -0.383 e. The van der Waals surface area contributed by atoms with Gasteiger partial charge < -0.3 is 11.1 Å². The molecule has 1 aliphatic rings. The van der Waals surface area contributed by atoms with Crippen molar-refractivity contribution in [2.24, 2.45) is 0 Å². The Morgan fingerprint density at radius 1 is 1.36 bits per heavy atom. The lowest BCUT2D eigenvalue weighted by Gasteiger charge is -2.27. The number of hydrogen-bond acceptors (Lipinski definition) is 5. The Morgan fingerprint density at radius 2 is 2.12 bits per heavy atom. The molecule has 0 saturated carbocycles. The highest BCUT2D eigenvalue weighted by atomic mass is 15.4. The molecular weight excluding hydrogens is 312 g/mol. The standard InChI is InChI=1S/C19H28N6/c1-12(2)21-10-19(4,5)25-18-15(17(20)22-11-23-18)16(24-25)14-8-6-13(3)7-9-14/h6-8,11-12,14,21H,9-10H2,1-5H3,(H2,20,22,23). The Balaban J connectivity index is 2.09. The first-order chi connectivity index (χ1) is 11.8. The second-order valence-corrected chi connectivity index (χ2v) is 7.75. The summed E-state index contributed by atoms with van der Waals surface area (Å²) < 4.78 is 2.00. The van der Waals surface area contributed by atoms with Crippen molar-refractivity contribution in [3.63, 3.8) is 0 Å². The van der Waals surface area contributed by atoms with Gasteiger partial charge in [-0.25, -0.2) is 14.6 Å². The second-order valence-electron chi connectivity index (χ2n) is 7.75. The van der Waals surface area contributed by atoms with Gasteiger partial charge in [-0.1, -0.05) is 37.6 Å². The number of nitrogens with zero attached hydrogens (tertiary/aromatic N) is 4. The molecule has 0 bridgehead atoms. The molecule has 6 heteroatoms. The van der Waals surface area contributed by atoms with Crippen molar-refractivity contribution in [1.29, 1.82) is 0 Å². The van der Waals surface area contributed by atoms with Gasteiger partial charge in [-0.15, -0.1) is 0 Å². The molecule has 6 nitrogen and oxygen atoms in total. The lowest BCUT2D eigenvalue weighted by molar-refractivity contribution is 0.299. The number of anilines is 1. The smallest absolute Gasteiger partial charge is 0.164 e. The van der Waals surface area contributed by atoms with Crippen LogP contribution in [0.25, 0.3) is 11.0 Å². The second kappa shape index (κ2) is 6.59. The molecule has 0 fully saturated rings. The lowest BCUT2D eigenvalue weighted by Crippen LogP contribution is -2.41. The predicted molar refractivity (Wildman–Crippen MR) is 102 cm³/mol. The van der Waals surface area contributed by atoms with Gasteiger partial charge in [0.2, 0.25) is 0 Å². The van der Waals surface area contributed by atoms with Crippen LogP contribution in [-0.2, 0) is 5.54 Å². The zero-order chi connectivity index (χ0) is 18.2. The maximum atomic E-state index is 6.21. The molecule has 1 aliphatic carbocycles. The molecule has 134 valence electrons. The summed E-state index contributed by atoms with van der Waals surface area (Å²) in [5, 5.41) is 9.34. The zero-order valence-electron chi connectivity index (χ0n) is 15.7. The summed E-state index contributed by atoms with van der Waals surface area (Å²) in [4.78, 5) is 8.71. The highest BCUT2D eigenvalue weighted by molar-refractivity contribution is 5.89. The van der Waals surface area contributed by atoms with E-state index in [-0.39, 0.29) is 11.5 Å². The van der Waals surface area contributed by atoms with E-state index in [0.29, 0.717) is 11.9 Å². The molecule has 2 aromatic heterocycles. The molecule has 0 saturated heterocycles. The van der Waals surface area contributed by atoms with E-state index in [1.165, 1.54) is 11.9 Å². The molecule has 1 atom stereocenters. The minimum atomic E-state index is -0.230. The summed E-state index contributed by atoms with van der Waals surface area (Å²) >= 11 is 0. The van der Waals surface area contributed by atoms with Crippen LogP contribution in [0.1, 0.15) is 52.7 Å². The fourth-order valence-corrected chi connectivity index (χ4v) is 3.14. The van der Waals surface area contributed by atoms with E-state index in [9.17, 15) is 0 Å². The van der Waals surface area contributed by atoms with Gasteiger partial charge in [0.05, 0.1) is 16.6 Å². The highest BCUT2D eigenvalue weighted by Crippen LogP contribution is 2.34. The van der Waals surface area contributed by atoms with E-state index in [4.69, 9.17) is 10.8 Å². The molecule has 2 heterocycles. The first-order valence-corrected chi connectivity index (χ1v) is 8.87. The third-order valence-corrected chi connectivity index (χ3v) is 4.67. The van der Waals surface area contributed by atoms with Gasteiger partial charge in [0.25, 0.3) is 0 Å². The van der Waals surface area contributed by atoms with E-state index in [0.717, 1.165) is 29.7 Å². The molecule has 0 aliphatic heterocycles. The molecule has 1 unspecified atom stereocenters. The van der Waals surface area contributed by atoms with Crippen molar-refractivity contribution < 1.29 is 0 Å². The van der Waals surface area contributed by atoms with Crippen molar-refractivity contribution in [3.05, 3.63) is 35.8 Å². The summed E-state index contributed by atoms with van der Waals surface area (Å²) in [5.41, 5.74) is 9.03. The van der Waals surface area contributed by atoms with Gasteiger partial charge in [0, 0.05) is 18.5 Å². The quantitative estimate of drug-likeness (QED) is 0.874. The molecule has 0 aromatic carbocycles. The van der Waals surface area contributed by atoms with E-state index in [2.05, 4.69) is 68.1 Å². The zero-order valence-corrected chi connectivity index (χ0v) is 15.7. The lowest BCUT2D eigenvalue weighted by atomic mass is 9.93. The summed E-state index contributed by atoms with van der Waals surface area (Å²) in [6, 6.07) is 0.412. The van der Waals surface area contributed by atoms with Crippen molar-refractivity contribution in [2.45, 2.75) is 58.5 Å². The third-order valence-electron chi connectivity index (χ3n) is 4.67. The van der Waals surface area contributed by atoms with Crippen LogP contribution in [0.2, 0.25) is 0 Å². The number of nitrogen functional groups attached to an aromatic ring is 1. The molecule has 0 amide bonds. The minimum absolute atomic E-state index is 0.203. The van der Waals surface area contributed by atoms with Crippen LogP contribution < -0.4 is 11.1 Å². The van der Waals surface area contributed by atoms with Gasteiger partial charge in [-0.2, -0.15) is 5.10 Å². The monoisotopic (exact) mass is 340 g/mol. The van der Waals surface area contributed by atoms with Gasteiger partial charge >= 0.3 is 0 Å². The Morgan fingerprint density at radius 3 is 2.76 bits per heavy atom. The Bertz CT molecular complexity index is 828. The van der Waals surface area contributed by atoms with Crippen molar-refractivity contribution in [1.82, 2.24) is 25.1 Å². The maximum absolute atomic E-state index is 6.21. The van der Waals surface area contributed by atoms with Gasteiger partial charge in [0.1, 0.15) is 12.1 Å². The Hall–Kier alpha value is -2.21. The van der Waals surface area contributed by atoms with Crippen LogP contribution >= 0.6 is 0 Å². The van der Waals surface area contributed by atoms with Crippen LogP contribution in [0.15, 0.2) is 30.1 Å². The van der Waals surface area contributed by atoms with Crippen LogP contribution in [0, 0.1) is 0 Å². The molecule has 3 N–H and O–H groups in total. The fraction of sp³-hybridized carbons (Fsp3) is 0.526. The highest BCUT2D eigenvalue weighted by Gasteiger charge is 2.29. The number of allylic oxidation sites excluding steroid dienone is 4. The molecular formula is C19H28N6. The van der Waals surface area contributed by atoms with Crippen LogP contribution in [-0.4, -0.2) is 32.3 Å². The predicted octanol–water partition coefficient (Wildman–Crippen LogP) is 3.13. The molecule has 0 spiro atoms. The van der Waals surface area contributed by atoms with Gasteiger partial charge in [0.15, 0.2) is 5.65 Å². The summed E-state index contributed by atoms with van der Waals surface area (Å²) in [6.07, 6.45) is 9.03. The SMILES string of the molecule is CC1=CCC(c2nn(C(C)(C)CNC(C)C)c3ncnc(N)c23)C=C1. The topological polar surface area (TPSA) is 81.7 Å². The Kier molecular flexibility index (Phi) is 4.64. The van der Waals surface area contributed by atoms with Crippen LogP contribution in [0.5, 0.6) is 0 Å². The maximum Gasteiger partial charge on any atom is 0.164 e. The van der Waals surface area contributed by atoms with Crippen molar-refractivity contribution >= 4 is 16.9 Å². The van der Waals surface area contributed by atoms with Crippen molar-refractivity contribution in [2.75, 3.05) is 12.3 Å². The normalized spacial score (nSPS) is 18.2. The summed E-state index contributed by atoms with van der Waals surface area (Å²) in [5.74, 6) is 0.702. The number of nitrogens with two attached hydrogens (primary N) is 1. The first-order valence-electron chi connectivity index (χ1n) is 8.87.